The maximum atomic E-state index is 10.3. The van der Waals surface area contributed by atoms with E-state index in [4.69, 9.17) is 18.9 Å². The van der Waals surface area contributed by atoms with E-state index in [1.54, 1.807) is 6.92 Å². The van der Waals surface area contributed by atoms with E-state index in [9.17, 15) is 25.5 Å². The van der Waals surface area contributed by atoms with E-state index in [2.05, 4.69) is 0 Å². The van der Waals surface area contributed by atoms with Crippen LogP contribution in [-0.4, -0.2) is 94.6 Å². The zero-order valence-corrected chi connectivity index (χ0v) is 14.5. The van der Waals surface area contributed by atoms with Crippen LogP contribution >= 0.6 is 0 Å². The van der Waals surface area contributed by atoms with Gasteiger partial charge in [-0.25, -0.2) is 0 Å². The van der Waals surface area contributed by atoms with Crippen LogP contribution in [0.4, 0.5) is 0 Å². The van der Waals surface area contributed by atoms with Crippen LogP contribution in [0.2, 0.25) is 0 Å². The van der Waals surface area contributed by atoms with Crippen LogP contribution in [0.3, 0.4) is 0 Å². The van der Waals surface area contributed by atoms with Gasteiger partial charge in [-0.1, -0.05) is 6.92 Å². The van der Waals surface area contributed by atoms with Crippen molar-refractivity contribution in [2.24, 2.45) is 0 Å². The zero-order valence-electron chi connectivity index (χ0n) is 14.5. The summed E-state index contributed by atoms with van der Waals surface area (Å²) in [6.07, 6.45) is -9.61. The summed E-state index contributed by atoms with van der Waals surface area (Å²) in [5, 5.41) is 49.4. The molecule has 0 aromatic carbocycles. The van der Waals surface area contributed by atoms with Crippen molar-refractivity contribution in [1.29, 1.82) is 0 Å². The number of hydrogen-bond donors (Lipinski definition) is 5. The predicted molar refractivity (Wildman–Crippen MR) is 82.0 cm³/mol. The highest BCUT2D eigenvalue weighted by Crippen LogP contribution is 2.26. The molecular formula is C15H30O9. The van der Waals surface area contributed by atoms with Crippen LogP contribution in [-0.2, 0) is 18.9 Å². The lowest BCUT2D eigenvalue weighted by molar-refractivity contribution is -0.336. The molecular weight excluding hydrogens is 324 g/mol. The van der Waals surface area contributed by atoms with Crippen molar-refractivity contribution < 1.29 is 44.5 Å². The first-order valence-electron chi connectivity index (χ1n) is 8.09. The van der Waals surface area contributed by atoms with E-state index in [1.165, 1.54) is 14.0 Å². The highest BCUT2D eigenvalue weighted by Gasteiger charge is 2.47. The Kier molecular flexibility index (Phi) is 8.99. The van der Waals surface area contributed by atoms with Gasteiger partial charge in [-0.2, -0.15) is 0 Å². The van der Waals surface area contributed by atoms with Gasteiger partial charge < -0.3 is 44.5 Å². The second-order valence-corrected chi connectivity index (χ2v) is 6.00. The van der Waals surface area contributed by atoms with Crippen molar-refractivity contribution in [2.45, 2.75) is 82.5 Å². The third-order valence-electron chi connectivity index (χ3n) is 4.06. The summed E-state index contributed by atoms with van der Waals surface area (Å²) >= 11 is 0. The molecule has 0 aromatic rings. The van der Waals surface area contributed by atoms with Crippen LogP contribution in [0, 0.1) is 0 Å². The van der Waals surface area contributed by atoms with E-state index < -0.39 is 55.8 Å². The maximum Gasteiger partial charge on any atom is 0.186 e. The summed E-state index contributed by atoms with van der Waals surface area (Å²) in [4.78, 5) is 0. The molecule has 1 rings (SSSR count). The molecule has 1 aliphatic rings. The standard InChI is InChI=1S/C15H30O9/c1-5-7(2)22-15(10(18)8(3)17)24-13-9(6-16)23-14(21-4)12(20)11(13)19/h7-20H,5-6H2,1-4H3. The first-order chi connectivity index (χ1) is 11.3. The minimum Gasteiger partial charge on any atom is -0.394 e. The summed E-state index contributed by atoms with van der Waals surface area (Å²) in [6, 6.07) is 0. The van der Waals surface area contributed by atoms with Crippen LogP contribution < -0.4 is 0 Å². The molecule has 144 valence electrons. The first kappa shape index (κ1) is 21.7. The topological polar surface area (TPSA) is 138 Å². The second-order valence-electron chi connectivity index (χ2n) is 6.00. The van der Waals surface area contributed by atoms with Gasteiger partial charge in [-0.3, -0.25) is 0 Å². The van der Waals surface area contributed by atoms with Gasteiger partial charge >= 0.3 is 0 Å². The lowest BCUT2D eigenvalue weighted by atomic mass is 9.99. The summed E-state index contributed by atoms with van der Waals surface area (Å²) in [5.74, 6) is 0. The number of ether oxygens (including phenoxy) is 4. The fourth-order valence-corrected chi connectivity index (χ4v) is 2.32. The molecule has 1 fully saturated rings. The minimum atomic E-state index is -1.44. The molecule has 9 unspecified atom stereocenters. The lowest BCUT2D eigenvalue weighted by Crippen LogP contribution is -2.61. The Hall–Kier alpha value is -0.360. The molecule has 0 spiro atoms. The number of hydrogen-bond acceptors (Lipinski definition) is 9. The van der Waals surface area contributed by atoms with Crippen molar-refractivity contribution in [2.75, 3.05) is 13.7 Å². The molecule has 0 aromatic heterocycles. The van der Waals surface area contributed by atoms with E-state index >= 15 is 0 Å². The zero-order chi connectivity index (χ0) is 18.4. The summed E-state index contributed by atoms with van der Waals surface area (Å²) < 4.78 is 21.4. The SMILES string of the molecule is CCC(C)OC(OC1C(CO)OC(OC)C(O)C1O)C(O)C(C)O. The average molecular weight is 354 g/mol. The van der Waals surface area contributed by atoms with E-state index in [-0.39, 0.29) is 6.10 Å². The van der Waals surface area contributed by atoms with Gasteiger partial charge in [0.1, 0.15) is 30.5 Å². The van der Waals surface area contributed by atoms with Gasteiger partial charge in [-0.15, -0.1) is 0 Å². The van der Waals surface area contributed by atoms with Crippen LogP contribution in [0.15, 0.2) is 0 Å². The molecule has 0 amide bonds. The van der Waals surface area contributed by atoms with Gasteiger partial charge in [0.2, 0.25) is 0 Å². The Morgan fingerprint density at radius 2 is 1.75 bits per heavy atom. The average Bonchev–Trinajstić information content (AvgIpc) is 2.57. The molecule has 1 heterocycles. The van der Waals surface area contributed by atoms with Gasteiger partial charge in [-0.05, 0) is 20.3 Å². The Balaban J connectivity index is 2.92. The fourth-order valence-electron chi connectivity index (χ4n) is 2.32. The molecule has 1 saturated heterocycles. The molecule has 9 nitrogen and oxygen atoms in total. The van der Waals surface area contributed by atoms with Gasteiger partial charge in [0.15, 0.2) is 12.6 Å². The maximum absolute atomic E-state index is 10.3. The molecule has 0 bridgehead atoms. The Bertz CT molecular complexity index is 352. The number of rotatable bonds is 9. The normalized spacial score (nSPS) is 36.1. The molecule has 0 saturated carbocycles. The third-order valence-corrected chi connectivity index (χ3v) is 4.06. The molecule has 5 N–H and O–H groups in total. The van der Waals surface area contributed by atoms with Crippen molar-refractivity contribution >= 4 is 0 Å². The van der Waals surface area contributed by atoms with Crippen LogP contribution in [0.25, 0.3) is 0 Å². The smallest absolute Gasteiger partial charge is 0.186 e. The molecule has 24 heavy (non-hydrogen) atoms. The van der Waals surface area contributed by atoms with E-state index in [1.807, 2.05) is 6.92 Å². The first-order valence-corrected chi connectivity index (χ1v) is 8.09. The molecule has 9 heteroatoms. The Labute approximate surface area is 141 Å². The summed E-state index contributed by atoms with van der Waals surface area (Å²) in [7, 11) is 1.29. The van der Waals surface area contributed by atoms with Gasteiger partial charge in [0, 0.05) is 7.11 Å². The number of methoxy groups -OCH3 is 1. The quantitative estimate of drug-likeness (QED) is 0.308. The van der Waals surface area contributed by atoms with Crippen molar-refractivity contribution in [3.8, 4) is 0 Å². The largest absolute Gasteiger partial charge is 0.394 e. The lowest BCUT2D eigenvalue weighted by Gasteiger charge is -2.43. The molecule has 0 aliphatic carbocycles. The van der Waals surface area contributed by atoms with Crippen molar-refractivity contribution in [3.63, 3.8) is 0 Å². The predicted octanol–water partition coefficient (Wildman–Crippen LogP) is -1.66. The minimum absolute atomic E-state index is 0.283. The molecule has 9 atom stereocenters. The highest BCUT2D eigenvalue weighted by molar-refractivity contribution is 4.91. The summed E-state index contributed by atoms with van der Waals surface area (Å²) in [6.45, 7) is 4.50. The van der Waals surface area contributed by atoms with Gasteiger partial charge in [0.05, 0.1) is 18.8 Å². The van der Waals surface area contributed by atoms with Crippen LogP contribution in [0.5, 0.6) is 0 Å². The van der Waals surface area contributed by atoms with E-state index in [0.717, 1.165) is 0 Å². The van der Waals surface area contributed by atoms with E-state index in [0.29, 0.717) is 6.42 Å². The number of aliphatic hydroxyl groups excluding tert-OH is 5. The fraction of sp³-hybridized carbons (Fsp3) is 1.00. The molecule has 0 radical (unpaired) electrons. The van der Waals surface area contributed by atoms with Crippen molar-refractivity contribution in [3.05, 3.63) is 0 Å². The third kappa shape index (κ3) is 5.32. The monoisotopic (exact) mass is 354 g/mol. The highest BCUT2D eigenvalue weighted by atomic mass is 16.7. The Morgan fingerprint density at radius 3 is 2.21 bits per heavy atom. The Morgan fingerprint density at radius 1 is 1.12 bits per heavy atom. The van der Waals surface area contributed by atoms with Gasteiger partial charge in [0.25, 0.3) is 0 Å². The summed E-state index contributed by atoms with van der Waals surface area (Å²) in [5.41, 5.74) is 0. The molecule has 1 aliphatic heterocycles. The number of aliphatic hydroxyl groups is 5. The van der Waals surface area contributed by atoms with Crippen molar-refractivity contribution in [1.82, 2.24) is 0 Å². The second kappa shape index (κ2) is 9.95. The van der Waals surface area contributed by atoms with Crippen LogP contribution in [0.1, 0.15) is 27.2 Å².